The van der Waals surface area contributed by atoms with Crippen molar-refractivity contribution in [3.63, 3.8) is 0 Å². The second-order valence-corrected chi connectivity index (χ2v) is 7.40. The number of aromatic nitrogens is 3. The average Bonchev–Trinajstić information content (AvgIpc) is 3.10. The lowest BCUT2D eigenvalue weighted by Crippen LogP contribution is -2.36. The quantitative estimate of drug-likeness (QED) is 0.714. The van der Waals surface area contributed by atoms with E-state index in [-0.39, 0.29) is 18.0 Å². The number of anilines is 2. The van der Waals surface area contributed by atoms with Crippen molar-refractivity contribution in [3.8, 4) is 0 Å². The molecule has 1 fully saturated rings. The van der Waals surface area contributed by atoms with E-state index in [1.165, 1.54) is 22.2 Å². The van der Waals surface area contributed by atoms with E-state index in [0.29, 0.717) is 34.3 Å². The lowest BCUT2D eigenvalue weighted by atomic mass is 10.3. The molecule has 3 heterocycles. The molecule has 1 amide bonds. The highest BCUT2D eigenvalue weighted by Crippen LogP contribution is 2.25. The molecule has 8 nitrogen and oxygen atoms in total. The Morgan fingerprint density at radius 2 is 2.15 bits per heavy atom. The molecule has 0 bridgehead atoms. The zero-order valence-electron chi connectivity index (χ0n) is 14.2. The monoisotopic (exact) mass is 405 g/mol. The van der Waals surface area contributed by atoms with Crippen LogP contribution in [0.2, 0.25) is 5.02 Å². The Hall–Kier alpha value is -2.49. The topological polar surface area (TPSA) is 89.3 Å². The minimum Gasteiger partial charge on any atom is -0.378 e. The van der Waals surface area contributed by atoms with Crippen LogP contribution in [0.4, 0.5) is 10.8 Å². The predicted octanol–water partition coefficient (Wildman–Crippen LogP) is 1.98. The molecule has 10 heteroatoms. The van der Waals surface area contributed by atoms with E-state index < -0.39 is 0 Å². The van der Waals surface area contributed by atoms with E-state index in [0.717, 1.165) is 18.2 Å². The first-order valence-electron chi connectivity index (χ1n) is 8.34. The Morgan fingerprint density at radius 3 is 2.93 bits per heavy atom. The van der Waals surface area contributed by atoms with Gasteiger partial charge in [-0.15, -0.1) is 0 Å². The third kappa shape index (κ3) is 3.95. The summed E-state index contributed by atoms with van der Waals surface area (Å²) in [4.78, 5) is 35.7. The van der Waals surface area contributed by atoms with E-state index in [1.54, 1.807) is 24.3 Å². The summed E-state index contributed by atoms with van der Waals surface area (Å²) < 4.78 is 7.06. The number of hydrogen-bond acceptors (Lipinski definition) is 7. The molecule has 1 N–H and O–H groups in total. The summed E-state index contributed by atoms with van der Waals surface area (Å²) in [7, 11) is 0. The maximum Gasteiger partial charge on any atom is 0.273 e. The first-order chi connectivity index (χ1) is 13.1. The number of fused-ring (bicyclic) bond motifs is 1. The normalized spacial score (nSPS) is 14.5. The number of halogens is 1. The standard InChI is InChI=1S/C17H16ClN5O3S/c18-11-2-1-3-12(8-11)20-13(24)9-23-10-19-15-14(16(23)25)27-17(21-15)22-4-6-26-7-5-22/h1-3,8,10H,4-7,9H2,(H,20,24). The summed E-state index contributed by atoms with van der Waals surface area (Å²) in [5.41, 5.74) is 0.693. The van der Waals surface area contributed by atoms with Crippen LogP contribution in [0.5, 0.6) is 0 Å². The van der Waals surface area contributed by atoms with Crippen LogP contribution in [0, 0.1) is 0 Å². The smallest absolute Gasteiger partial charge is 0.273 e. The Kier molecular flexibility index (Phi) is 5.06. The van der Waals surface area contributed by atoms with Gasteiger partial charge >= 0.3 is 0 Å². The van der Waals surface area contributed by atoms with Gasteiger partial charge in [0.05, 0.1) is 13.2 Å². The molecule has 0 saturated carbocycles. The Bertz CT molecular complexity index is 1040. The molecule has 140 valence electrons. The van der Waals surface area contributed by atoms with Gasteiger partial charge in [0.1, 0.15) is 17.6 Å². The third-order valence-corrected chi connectivity index (χ3v) is 5.40. The van der Waals surface area contributed by atoms with Gasteiger partial charge < -0.3 is 15.0 Å². The number of hydrogen-bond donors (Lipinski definition) is 1. The summed E-state index contributed by atoms with van der Waals surface area (Å²) in [6.45, 7) is 2.60. The van der Waals surface area contributed by atoms with Gasteiger partial charge in [0.2, 0.25) is 5.91 Å². The molecule has 4 rings (SSSR count). The fourth-order valence-corrected chi connectivity index (χ4v) is 3.97. The minimum absolute atomic E-state index is 0.140. The summed E-state index contributed by atoms with van der Waals surface area (Å²) in [6, 6.07) is 6.82. The molecule has 2 aromatic heterocycles. The highest BCUT2D eigenvalue weighted by atomic mass is 35.5. The molecule has 0 aliphatic carbocycles. The Balaban J connectivity index is 1.54. The van der Waals surface area contributed by atoms with Crippen molar-refractivity contribution in [1.82, 2.24) is 14.5 Å². The Morgan fingerprint density at radius 1 is 1.33 bits per heavy atom. The lowest BCUT2D eigenvalue weighted by Gasteiger charge is -2.25. The molecule has 1 aromatic carbocycles. The maximum atomic E-state index is 12.7. The van der Waals surface area contributed by atoms with E-state index in [9.17, 15) is 9.59 Å². The van der Waals surface area contributed by atoms with Gasteiger partial charge in [-0.3, -0.25) is 14.2 Å². The SMILES string of the molecule is O=C(Cn1cnc2nc(N3CCOCC3)sc2c1=O)Nc1cccc(Cl)c1. The van der Waals surface area contributed by atoms with Crippen LogP contribution in [0.1, 0.15) is 0 Å². The summed E-state index contributed by atoms with van der Waals surface area (Å²) in [5.74, 6) is -0.335. The highest BCUT2D eigenvalue weighted by Gasteiger charge is 2.18. The third-order valence-electron chi connectivity index (χ3n) is 4.08. The molecule has 27 heavy (non-hydrogen) atoms. The Labute approximate surface area is 163 Å². The number of benzene rings is 1. The second kappa shape index (κ2) is 7.63. The van der Waals surface area contributed by atoms with Crippen LogP contribution in [-0.2, 0) is 16.1 Å². The van der Waals surface area contributed by atoms with Crippen molar-refractivity contribution in [2.75, 3.05) is 36.5 Å². The van der Waals surface area contributed by atoms with Crippen LogP contribution in [0.3, 0.4) is 0 Å². The van der Waals surface area contributed by atoms with Crippen molar-refractivity contribution in [2.45, 2.75) is 6.54 Å². The molecule has 1 saturated heterocycles. The molecule has 0 unspecified atom stereocenters. The van der Waals surface area contributed by atoms with Gasteiger partial charge in [-0.2, -0.15) is 4.98 Å². The van der Waals surface area contributed by atoms with Gasteiger partial charge in [0, 0.05) is 23.8 Å². The zero-order chi connectivity index (χ0) is 18.8. The number of carbonyl (C=O) groups excluding carboxylic acids is 1. The number of nitrogens with zero attached hydrogens (tertiary/aromatic N) is 4. The summed E-state index contributed by atoms with van der Waals surface area (Å²) >= 11 is 7.20. The van der Waals surface area contributed by atoms with Gasteiger partial charge in [-0.1, -0.05) is 29.0 Å². The molecular formula is C17H16ClN5O3S. The predicted molar refractivity (Wildman–Crippen MR) is 105 cm³/mol. The molecule has 3 aromatic rings. The van der Waals surface area contributed by atoms with Crippen molar-refractivity contribution >= 4 is 50.0 Å². The van der Waals surface area contributed by atoms with Crippen LogP contribution in [-0.4, -0.2) is 46.7 Å². The number of morpholine rings is 1. The molecule has 1 aliphatic heterocycles. The average molecular weight is 406 g/mol. The van der Waals surface area contributed by atoms with E-state index in [4.69, 9.17) is 16.3 Å². The number of nitrogens with one attached hydrogen (secondary N) is 1. The largest absolute Gasteiger partial charge is 0.378 e. The summed E-state index contributed by atoms with van der Waals surface area (Å²) in [5, 5.41) is 3.99. The summed E-state index contributed by atoms with van der Waals surface area (Å²) in [6.07, 6.45) is 1.35. The van der Waals surface area contributed by atoms with Crippen LogP contribution in [0.25, 0.3) is 10.3 Å². The second-order valence-electron chi connectivity index (χ2n) is 5.98. The lowest BCUT2D eigenvalue weighted by molar-refractivity contribution is -0.116. The van der Waals surface area contributed by atoms with E-state index in [1.807, 2.05) is 0 Å². The van der Waals surface area contributed by atoms with Gasteiger partial charge in [0.25, 0.3) is 5.56 Å². The van der Waals surface area contributed by atoms with Gasteiger partial charge in [-0.05, 0) is 18.2 Å². The number of rotatable bonds is 4. The van der Waals surface area contributed by atoms with Crippen LogP contribution in [0.15, 0.2) is 35.4 Å². The first-order valence-corrected chi connectivity index (χ1v) is 9.54. The number of carbonyl (C=O) groups is 1. The first kappa shape index (κ1) is 17.9. The van der Waals surface area contributed by atoms with Crippen molar-refractivity contribution in [3.05, 3.63) is 46.0 Å². The van der Waals surface area contributed by atoms with Gasteiger partial charge in [-0.25, -0.2) is 4.98 Å². The van der Waals surface area contributed by atoms with Crippen molar-refractivity contribution in [1.29, 1.82) is 0 Å². The number of amides is 1. The van der Waals surface area contributed by atoms with E-state index >= 15 is 0 Å². The van der Waals surface area contributed by atoms with Gasteiger partial charge in [0.15, 0.2) is 10.8 Å². The van der Waals surface area contributed by atoms with E-state index in [2.05, 4.69) is 20.2 Å². The number of thiazole rings is 1. The van der Waals surface area contributed by atoms with Crippen LogP contribution < -0.4 is 15.8 Å². The fourth-order valence-electron chi connectivity index (χ4n) is 2.76. The van der Waals surface area contributed by atoms with Crippen LogP contribution >= 0.6 is 22.9 Å². The van der Waals surface area contributed by atoms with Crippen molar-refractivity contribution < 1.29 is 9.53 Å². The molecule has 0 spiro atoms. The molecule has 0 radical (unpaired) electrons. The zero-order valence-corrected chi connectivity index (χ0v) is 15.8. The minimum atomic E-state index is -0.335. The number of ether oxygens (including phenoxy) is 1. The molecule has 1 aliphatic rings. The highest BCUT2D eigenvalue weighted by molar-refractivity contribution is 7.22. The maximum absolute atomic E-state index is 12.7. The molecular weight excluding hydrogens is 390 g/mol. The van der Waals surface area contributed by atoms with Crippen molar-refractivity contribution in [2.24, 2.45) is 0 Å². The fraction of sp³-hybridized carbons (Fsp3) is 0.294. The molecule has 0 atom stereocenters.